The van der Waals surface area contributed by atoms with Gasteiger partial charge in [-0.15, -0.1) is 0 Å². The van der Waals surface area contributed by atoms with E-state index >= 15 is 0 Å². The first-order valence-corrected chi connectivity index (χ1v) is 7.09. The van der Waals surface area contributed by atoms with Gasteiger partial charge >= 0.3 is 0 Å². The van der Waals surface area contributed by atoms with Crippen molar-refractivity contribution in [2.24, 2.45) is 5.92 Å². The molecule has 1 fully saturated rings. The van der Waals surface area contributed by atoms with Crippen molar-refractivity contribution < 1.29 is 0 Å². The molecule has 0 radical (unpaired) electrons. The summed E-state index contributed by atoms with van der Waals surface area (Å²) in [6.07, 6.45) is 11.6. The van der Waals surface area contributed by atoms with Gasteiger partial charge in [-0.2, -0.15) is 0 Å². The van der Waals surface area contributed by atoms with Crippen LogP contribution in [-0.2, 0) is 0 Å². The second-order valence-electron chi connectivity index (χ2n) is 5.13. The number of nitrogens with zero attached hydrogens (tertiary/aromatic N) is 1. The number of hydrogen-bond donors (Lipinski definition) is 0. The van der Waals surface area contributed by atoms with Gasteiger partial charge in [0.05, 0.1) is 0 Å². The molecule has 0 aromatic heterocycles. The Morgan fingerprint density at radius 2 is 1.47 bits per heavy atom. The predicted molar refractivity (Wildman–Crippen MR) is 68.2 cm³/mol. The molecule has 1 nitrogen and oxygen atoms in total. The minimum Gasteiger partial charge on any atom is -0.303 e. The lowest BCUT2D eigenvalue weighted by Gasteiger charge is -2.26. The van der Waals surface area contributed by atoms with E-state index < -0.39 is 0 Å². The van der Waals surface area contributed by atoms with E-state index in [1.807, 2.05) is 0 Å². The molecular formula is C14H29N. The second kappa shape index (κ2) is 8.15. The quantitative estimate of drug-likeness (QED) is 0.613. The molecule has 0 spiro atoms. The molecule has 1 aliphatic rings. The van der Waals surface area contributed by atoms with Crippen LogP contribution >= 0.6 is 0 Å². The van der Waals surface area contributed by atoms with Crippen molar-refractivity contribution >= 4 is 0 Å². The highest BCUT2D eigenvalue weighted by molar-refractivity contribution is 4.68. The molecule has 1 heteroatoms. The number of rotatable bonds is 7. The first-order chi connectivity index (χ1) is 7.36. The third-order valence-corrected chi connectivity index (χ3v) is 3.66. The van der Waals surface area contributed by atoms with Crippen molar-refractivity contribution in [1.82, 2.24) is 4.90 Å². The summed E-state index contributed by atoms with van der Waals surface area (Å²) >= 11 is 0. The molecule has 0 aromatic rings. The van der Waals surface area contributed by atoms with Crippen LogP contribution < -0.4 is 0 Å². The first kappa shape index (κ1) is 13.0. The molecule has 0 saturated heterocycles. The van der Waals surface area contributed by atoms with Crippen LogP contribution in [0.25, 0.3) is 0 Å². The highest BCUT2D eigenvalue weighted by atomic mass is 15.1. The van der Waals surface area contributed by atoms with Crippen LogP contribution in [0, 0.1) is 5.92 Å². The third kappa shape index (κ3) is 5.55. The zero-order valence-electron chi connectivity index (χ0n) is 10.8. The summed E-state index contributed by atoms with van der Waals surface area (Å²) in [6.45, 7) is 8.56. The molecule has 0 amide bonds. The van der Waals surface area contributed by atoms with Crippen molar-refractivity contribution in [3.05, 3.63) is 0 Å². The van der Waals surface area contributed by atoms with E-state index in [1.165, 1.54) is 71.0 Å². The Hall–Kier alpha value is -0.0400. The molecule has 1 saturated carbocycles. The molecule has 0 aromatic carbocycles. The van der Waals surface area contributed by atoms with Gasteiger partial charge in [0, 0.05) is 0 Å². The van der Waals surface area contributed by atoms with E-state index in [4.69, 9.17) is 0 Å². The highest BCUT2D eigenvalue weighted by Crippen LogP contribution is 2.26. The average molecular weight is 211 g/mol. The zero-order chi connectivity index (χ0) is 10.9. The number of hydrogen-bond acceptors (Lipinski definition) is 1. The lowest BCUT2D eigenvalue weighted by atomic mass is 9.87. The van der Waals surface area contributed by atoms with Crippen LogP contribution in [0.5, 0.6) is 0 Å². The summed E-state index contributed by atoms with van der Waals surface area (Å²) in [6, 6.07) is 0. The van der Waals surface area contributed by atoms with Crippen LogP contribution in [0.1, 0.15) is 65.2 Å². The van der Waals surface area contributed by atoms with Gasteiger partial charge in [0.2, 0.25) is 0 Å². The molecule has 0 heterocycles. The Bertz CT molecular complexity index is 132. The van der Waals surface area contributed by atoms with Gasteiger partial charge in [-0.05, 0) is 44.8 Å². The standard InChI is InChI=1S/C14H29N/c1-3-11-15(12-4-2)13-10-14-8-6-5-7-9-14/h14H,3-13H2,1-2H3. The fourth-order valence-electron chi connectivity index (χ4n) is 2.81. The topological polar surface area (TPSA) is 3.24 Å². The van der Waals surface area contributed by atoms with E-state index in [9.17, 15) is 0 Å². The van der Waals surface area contributed by atoms with E-state index in [2.05, 4.69) is 18.7 Å². The fraction of sp³-hybridized carbons (Fsp3) is 1.00. The molecule has 15 heavy (non-hydrogen) atoms. The Morgan fingerprint density at radius 1 is 0.867 bits per heavy atom. The Labute approximate surface area is 96.2 Å². The Morgan fingerprint density at radius 3 is 2.00 bits per heavy atom. The second-order valence-corrected chi connectivity index (χ2v) is 5.13. The maximum atomic E-state index is 2.66. The highest BCUT2D eigenvalue weighted by Gasteiger charge is 2.14. The van der Waals surface area contributed by atoms with Crippen molar-refractivity contribution in [2.45, 2.75) is 65.2 Å². The van der Waals surface area contributed by atoms with Crippen LogP contribution in [0.3, 0.4) is 0 Å². The lowest BCUT2D eigenvalue weighted by molar-refractivity contribution is 0.232. The minimum atomic E-state index is 1.05. The van der Waals surface area contributed by atoms with E-state index in [-0.39, 0.29) is 0 Å². The first-order valence-electron chi connectivity index (χ1n) is 7.09. The average Bonchev–Trinajstić information content (AvgIpc) is 2.28. The van der Waals surface area contributed by atoms with Crippen LogP contribution in [0.15, 0.2) is 0 Å². The SMILES string of the molecule is CCCN(CCC)CCC1CCCCC1. The molecular weight excluding hydrogens is 182 g/mol. The molecule has 0 bridgehead atoms. The van der Waals surface area contributed by atoms with Crippen molar-refractivity contribution in [2.75, 3.05) is 19.6 Å². The van der Waals surface area contributed by atoms with E-state index in [0.717, 1.165) is 5.92 Å². The van der Waals surface area contributed by atoms with Crippen LogP contribution in [0.2, 0.25) is 0 Å². The predicted octanol–water partition coefficient (Wildman–Crippen LogP) is 4.08. The lowest BCUT2D eigenvalue weighted by Crippen LogP contribution is -2.28. The molecule has 1 aliphatic carbocycles. The van der Waals surface area contributed by atoms with Crippen molar-refractivity contribution in [1.29, 1.82) is 0 Å². The molecule has 0 N–H and O–H groups in total. The largest absolute Gasteiger partial charge is 0.303 e. The van der Waals surface area contributed by atoms with Gasteiger partial charge in [-0.25, -0.2) is 0 Å². The molecule has 90 valence electrons. The summed E-state index contributed by atoms with van der Waals surface area (Å²) < 4.78 is 0. The smallest absolute Gasteiger partial charge is 0.00161 e. The Kier molecular flexibility index (Phi) is 7.08. The summed E-state index contributed by atoms with van der Waals surface area (Å²) in [4.78, 5) is 2.66. The fourth-order valence-corrected chi connectivity index (χ4v) is 2.81. The normalized spacial score (nSPS) is 18.6. The van der Waals surface area contributed by atoms with Gasteiger partial charge in [-0.1, -0.05) is 46.0 Å². The summed E-state index contributed by atoms with van der Waals surface area (Å²) in [5.74, 6) is 1.05. The maximum absolute atomic E-state index is 2.66. The van der Waals surface area contributed by atoms with E-state index in [0.29, 0.717) is 0 Å². The van der Waals surface area contributed by atoms with Crippen molar-refractivity contribution in [3.8, 4) is 0 Å². The van der Waals surface area contributed by atoms with Gasteiger partial charge in [0.15, 0.2) is 0 Å². The third-order valence-electron chi connectivity index (χ3n) is 3.66. The molecule has 0 atom stereocenters. The molecule has 1 rings (SSSR count). The van der Waals surface area contributed by atoms with Gasteiger partial charge in [0.1, 0.15) is 0 Å². The van der Waals surface area contributed by atoms with E-state index in [1.54, 1.807) is 0 Å². The zero-order valence-corrected chi connectivity index (χ0v) is 10.8. The van der Waals surface area contributed by atoms with Crippen LogP contribution in [0.4, 0.5) is 0 Å². The summed E-state index contributed by atoms with van der Waals surface area (Å²) in [7, 11) is 0. The van der Waals surface area contributed by atoms with Crippen LogP contribution in [-0.4, -0.2) is 24.5 Å². The van der Waals surface area contributed by atoms with Gasteiger partial charge < -0.3 is 4.90 Å². The minimum absolute atomic E-state index is 1.05. The molecule has 0 unspecified atom stereocenters. The monoisotopic (exact) mass is 211 g/mol. The summed E-state index contributed by atoms with van der Waals surface area (Å²) in [5.41, 5.74) is 0. The summed E-state index contributed by atoms with van der Waals surface area (Å²) in [5, 5.41) is 0. The molecule has 0 aliphatic heterocycles. The van der Waals surface area contributed by atoms with Gasteiger partial charge in [-0.3, -0.25) is 0 Å². The Balaban J connectivity index is 2.13. The van der Waals surface area contributed by atoms with Gasteiger partial charge in [0.25, 0.3) is 0 Å². The maximum Gasteiger partial charge on any atom is -0.00161 e. The van der Waals surface area contributed by atoms with Crippen molar-refractivity contribution in [3.63, 3.8) is 0 Å².